The molecule has 3 heterocycles. The van der Waals surface area contributed by atoms with Crippen molar-refractivity contribution in [3.05, 3.63) is 41.7 Å². The van der Waals surface area contributed by atoms with Crippen molar-refractivity contribution in [2.24, 2.45) is 7.05 Å². The van der Waals surface area contributed by atoms with Gasteiger partial charge in [0, 0.05) is 30.9 Å². The van der Waals surface area contributed by atoms with Crippen molar-refractivity contribution in [2.75, 3.05) is 6.61 Å². The average molecular weight is 446 g/mol. The van der Waals surface area contributed by atoms with Gasteiger partial charge in [0.05, 0.1) is 0 Å². The molecule has 166 valence electrons. The molecule has 0 aliphatic carbocycles. The van der Waals surface area contributed by atoms with Gasteiger partial charge in [-0.15, -0.1) is 0 Å². The van der Waals surface area contributed by atoms with Crippen LogP contribution in [0.4, 0.5) is 22.0 Å². The van der Waals surface area contributed by atoms with Gasteiger partial charge in [-0.05, 0) is 13.0 Å². The van der Waals surface area contributed by atoms with E-state index in [1.165, 1.54) is 32.3 Å². The Hall–Kier alpha value is -3.58. The van der Waals surface area contributed by atoms with Crippen LogP contribution in [-0.2, 0) is 13.2 Å². The van der Waals surface area contributed by atoms with Gasteiger partial charge in [0.15, 0.2) is 12.3 Å². The molecule has 0 bridgehead atoms. The Balaban J connectivity index is 1.71. The number of amides is 1. The molecule has 0 aliphatic heterocycles. The Morgan fingerprint density at radius 2 is 2.06 bits per heavy atom. The van der Waals surface area contributed by atoms with E-state index in [9.17, 15) is 26.7 Å². The van der Waals surface area contributed by atoms with Gasteiger partial charge < -0.3 is 14.6 Å². The molecule has 14 heteroatoms. The molecule has 0 aliphatic rings. The minimum atomic E-state index is -4.69. The Morgan fingerprint density at radius 3 is 2.71 bits per heavy atom. The number of carbonyl (C=O) groups is 1. The average Bonchev–Trinajstić information content (AvgIpc) is 3.33. The predicted molar refractivity (Wildman–Crippen MR) is 93.1 cm³/mol. The lowest BCUT2D eigenvalue weighted by Gasteiger charge is -2.09. The first-order chi connectivity index (χ1) is 14.5. The van der Waals surface area contributed by atoms with Crippen molar-refractivity contribution in [1.82, 2.24) is 30.2 Å². The molecule has 1 amide bonds. The van der Waals surface area contributed by atoms with Crippen molar-refractivity contribution in [3.8, 4) is 17.3 Å². The minimum Gasteiger partial charge on any atom is -0.472 e. The number of carbonyl (C=O) groups excluding carboxylic acids is 1. The zero-order valence-corrected chi connectivity index (χ0v) is 16.0. The van der Waals surface area contributed by atoms with E-state index in [1.807, 2.05) is 0 Å². The molecule has 0 saturated carbocycles. The Kier molecular flexibility index (Phi) is 6.17. The van der Waals surface area contributed by atoms with E-state index in [2.05, 4.69) is 25.5 Å². The van der Waals surface area contributed by atoms with Crippen molar-refractivity contribution in [2.45, 2.75) is 25.6 Å². The molecule has 0 fully saturated rings. The maximum absolute atomic E-state index is 12.8. The number of rotatable bonds is 7. The number of nitrogens with zero attached hydrogens (tertiary/aromatic N) is 5. The quantitative estimate of drug-likeness (QED) is 0.556. The summed E-state index contributed by atoms with van der Waals surface area (Å²) >= 11 is 0. The zero-order valence-electron chi connectivity index (χ0n) is 16.0. The number of halogens is 5. The van der Waals surface area contributed by atoms with Crippen LogP contribution in [0.3, 0.4) is 0 Å². The van der Waals surface area contributed by atoms with Gasteiger partial charge in [-0.2, -0.15) is 23.3 Å². The second-order valence-corrected chi connectivity index (χ2v) is 6.27. The number of alkyl halides is 5. The highest BCUT2D eigenvalue weighted by Gasteiger charge is 2.35. The van der Waals surface area contributed by atoms with Gasteiger partial charge in [-0.1, -0.05) is 5.16 Å². The third-order valence-corrected chi connectivity index (χ3v) is 3.91. The summed E-state index contributed by atoms with van der Waals surface area (Å²) in [6.45, 7) is 0.654. The van der Waals surface area contributed by atoms with Crippen molar-refractivity contribution in [1.29, 1.82) is 0 Å². The van der Waals surface area contributed by atoms with Crippen molar-refractivity contribution >= 4 is 5.91 Å². The second kappa shape index (κ2) is 8.65. The van der Waals surface area contributed by atoms with Gasteiger partial charge in [0.25, 0.3) is 12.3 Å². The van der Waals surface area contributed by atoms with Crippen LogP contribution in [-0.4, -0.2) is 43.8 Å². The monoisotopic (exact) mass is 446 g/mol. The summed E-state index contributed by atoms with van der Waals surface area (Å²) in [6.07, 6.45) is -6.05. The van der Waals surface area contributed by atoms with Gasteiger partial charge in [0.2, 0.25) is 17.6 Å². The van der Waals surface area contributed by atoms with E-state index in [0.29, 0.717) is 11.6 Å². The lowest BCUT2D eigenvalue weighted by molar-refractivity contribution is -0.141. The van der Waals surface area contributed by atoms with E-state index in [1.54, 1.807) is 0 Å². The highest BCUT2D eigenvalue weighted by molar-refractivity contribution is 5.92. The highest BCUT2D eigenvalue weighted by atomic mass is 19.4. The van der Waals surface area contributed by atoms with E-state index < -0.39 is 36.9 Å². The lowest BCUT2D eigenvalue weighted by Crippen LogP contribution is -2.28. The Bertz CT molecular complexity index is 1060. The normalized spacial score (nSPS) is 12.8. The first kappa shape index (κ1) is 22.1. The molecular weight excluding hydrogens is 431 g/mol. The second-order valence-electron chi connectivity index (χ2n) is 6.27. The van der Waals surface area contributed by atoms with Crippen LogP contribution in [0.5, 0.6) is 5.88 Å². The van der Waals surface area contributed by atoms with Gasteiger partial charge in [-0.3, -0.25) is 9.48 Å². The molecule has 3 aromatic heterocycles. The van der Waals surface area contributed by atoms with Crippen molar-refractivity contribution in [3.63, 3.8) is 0 Å². The molecule has 3 rings (SSSR count). The maximum Gasteiger partial charge on any atom is 0.435 e. The highest BCUT2D eigenvalue weighted by Crippen LogP contribution is 2.28. The molecule has 31 heavy (non-hydrogen) atoms. The third kappa shape index (κ3) is 5.32. The first-order valence-corrected chi connectivity index (χ1v) is 8.67. The molecule has 0 saturated heterocycles. The summed E-state index contributed by atoms with van der Waals surface area (Å²) < 4.78 is 73.5. The van der Waals surface area contributed by atoms with Crippen LogP contribution < -0.4 is 10.1 Å². The van der Waals surface area contributed by atoms with Crippen LogP contribution in [0.1, 0.15) is 35.0 Å². The van der Waals surface area contributed by atoms with Crippen LogP contribution >= 0.6 is 0 Å². The van der Waals surface area contributed by atoms with Crippen LogP contribution in [0.2, 0.25) is 0 Å². The zero-order chi connectivity index (χ0) is 22.8. The van der Waals surface area contributed by atoms with Gasteiger partial charge in [0.1, 0.15) is 11.7 Å². The van der Waals surface area contributed by atoms with E-state index in [4.69, 9.17) is 9.26 Å². The fourth-order valence-electron chi connectivity index (χ4n) is 2.45. The molecule has 1 N–H and O–H groups in total. The summed E-state index contributed by atoms with van der Waals surface area (Å²) in [4.78, 5) is 20.2. The SMILES string of the molecule is CC(NC(=O)c1cc(C(F)(F)F)nn1C)c1nc(-c2ccnc(OCC(F)F)c2)no1. The molecule has 3 aromatic rings. The number of aryl methyl sites for hydroxylation is 1. The van der Waals surface area contributed by atoms with Crippen LogP contribution in [0.25, 0.3) is 11.4 Å². The maximum atomic E-state index is 12.8. The summed E-state index contributed by atoms with van der Waals surface area (Å²) in [5.74, 6) is -0.861. The Morgan fingerprint density at radius 1 is 1.32 bits per heavy atom. The molecule has 1 atom stereocenters. The molecule has 9 nitrogen and oxygen atoms in total. The molecule has 0 radical (unpaired) electrons. The number of hydrogen-bond donors (Lipinski definition) is 1. The van der Waals surface area contributed by atoms with E-state index in [-0.39, 0.29) is 23.3 Å². The van der Waals surface area contributed by atoms with Crippen LogP contribution in [0, 0.1) is 0 Å². The number of aromatic nitrogens is 5. The largest absolute Gasteiger partial charge is 0.472 e. The summed E-state index contributed by atoms with van der Waals surface area (Å²) in [7, 11) is 1.21. The third-order valence-electron chi connectivity index (χ3n) is 3.91. The summed E-state index contributed by atoms with van der Waals surface area (Å²) in [5.41, 5.74) is -1.15. The minimum absolute atomic E-state index is 0.0339. The van der Waals surface area contributed by atoms with Crippen molar-refractivity contribution < 1.29 is 36.0 Å². The number of hydrogen-bond acceptors (Lipinski definition) is 7. The summed E-state index contributed by atoms with van der Waals surface area (Å²) in [6, 6.07) is 2.59. The van der Waals surface area contributed by atoms with E-state index in [0.717, 1.165) is 4.68 Å². The number of pyridine rings is 1. The molecular formula is C17H15F5N6O3. The Labute approximate surface area is 171 Å². The van der Waals surface area contributed by atoms with E-state index >= 15 is 0 Å². The topological polar surface area (TPSA) is 108 Å². The predicted octanol–water partition coefficient (Wildman–Crippen LogP) is 3.02. The standard InChI is InChI=1S/C17H15F5N6O3/c1-8(24-15(29)10-6-11(17(20,21)22)26-28(10)2)16-25-14(27-31-16)9-3-4-23-13(5-9)30-7-12(18)19/h3-6,8,12H,7H2,1-2H3,(H,24,29). The molecule has 1 unspecified atom stereocenters. The summed E-state index contributed by atoms with van der Waals surface area (Å²) in [5, 5.41) is 9.46. The van der Waals surface area contributed by atoms with Crippen LogP contribution in [0.15, 0.2) is 28.9 Å². The molecule has 0 spiro atoms. The van der Waals surface area contributed by atoms with Gasteiger partial charge in [-0.25, -0.2) is 13.8 Å². The smallest absolute Gasteiger partial charge is 0.435 e. The number of ether oxygens (including phenoxy) is 1. The van der Waals surface area contributed by atoms with Gasteiger partial charge >= 0.3 is 6.18 Å². The molecule has 0 aromatic carbocycles. The fraction of sp³-hybridized carbons (Fsp3) is 0.353. The number of nitrogens with one attached hydrogen (secondary N) is 1. The fourth-order valence-corrected chi connectivity index (χ4v) is 2.45. The first-order valence-electron chi connectivity index (χ1n) is 8.67. The lowest BCUT2D eigenvalue weighted by atomic mass is 10.2.